The van der Waals surface area contributed by atoms with Crippen molar-refractivity contribution in [3.8, 4) is 5.75 Å². The molecular formula is C22H27N3O3. The molecule has 2 heterocycles. The van der Waals surface area contributed by atoms with Crippen LogP contribution in [-0.2, 0) is 6.54 Å². The number of hydrogen-bond donors (Lipinski definition) is 1. The van der Waals surface area contributed by atoms with E-state index in [1.54, 1.807) is 0 Å². The average molecular weight is 381 g/mol. The third-order valence-electron chi connectivity index (χ3n) is 5.17. The molecule has 0 bridgehead atoms. The highest BCUT2D eigenvalue weighted by Crippen LogP contribution is 2.25. The molecular weight excluding hydrogens is 354 g/mol. The molecule has 1 aromatic heterocycles. The third kappa shape index (κ3) is 4.70. The molecule has 1 N–H and O–H groups in total. The number of piperazine rings is 1. The lowest BCUT2D eigenvalue weighted by Gasteiger charge is -2.35. The van der Waals surface area contributed by atoms with E-state index in [1.807, 2.05) is 43.3 Å². The number of hydrogen-bond acceptors (Lipinski definition) is 6. The van der Waals surface area contributed by atoms with Crippen LogP contribution < -0.4 is 4.74 Å². The molecule has 0 spiro atoms. The number of fused-ring (bicyclic) bond motifs is 1. The van der Waals surface area contributed by atoms with Crippen molar-refractivity contribution < 1.29 is 14.4 Å². The van der Waals surface area contributed by atoms with Crippen LogP contribution in [0, 0.1) is 6.92 Å². The summed E-state index contributed by atoms with van der Waals surface area (Å²) >= 11 is 0. The maximum absolute atomic E-state index is 10.4. The van der Waals surface area contributed by atoms with Gasteiger partial charge in [-0.3, -0.25) is 9.80 Å². The van der Waals surface area contributed by atoms with Crippen molar-refractivity contribution in [3.05, 3.63) is 60.0 Å². The van der Waals surface area contributed by atoms with E-state index in [1.165, 1.54) is 0 Å². The van der Waals surface area contributed by atoms with Crippen molar-refractivity contribution in [3.63, 3.8) is 0 Å². The van der Waals surface area contributed by atoms with E-state index in [9.17, 15) is 5.11 Å². The number of nitrogens with zero attached hydrogens (tertiary/aromatic N) is 3. The van der Waals surface area contributed by atoms with Gasteiger partial charge in [0, 0.05) is 44.2 Å². The van der Waals surface area contributed by atoms with E-state index in [-0.39, 0.29) is 0 Å². The first-order valence-corrected chi connectivity index (χ1v) is 9.83. The molecule has 1 saturated heterocycles. The molecule has 1 unspecified atom stereocenters. The van der Waals surface area contributed by atoms with Gasteiger partial charge in [0.2, 0.25) is 0 Å². The monoisotopic (exact) mass is 381 g/mol. The van der Waals surface area contributed by atoms with Crippen molar-refractivity contribution in [1.82, 2.24) is 15.0 Å². The minimum absolute atomic E-state index is 0.297. The number of aromatic nitrogens is 1. The van der Waals surface area contributed by atoms with Crippen molar-refractivity contribution >= 4 is 10.8 Å². The first-order valence-electron chi connectivity index (χ1n) is 9.83. The largest absolute Gasteiger partial charge is 0.490 e. The predicted octanol–water partition coefficient (Wildman–Crippen LogP) is 2.69. The lowest BCUT2D eigenvalue weighted by Crippen LogP contribution is -2.48. The zero-order chi connectivity index (χ0) is 19.3. The lowest BCUT2D eigenvalue weighted by atomic mass is 10.1. The van der Waals surface area contributed by atoms with Crippen LogP contribution in [-0.4, -0.2) is 65.5 Å². The number of ether oxygens (including phenoxy) is 1. The zero-order valence-electron chi connectivity index (χ0n) is 16.3. The number of aliphatic hydroxyl groups excluding tert-OH is 1. The van der Waals surface area contributed by atoms with Crippen LogP contribution in [0.5, 0.6) is 5.75 Å². The minimum Gasteiger partial charge on any atom is -0.490 e. The second-order valence-electron chi connectivity index (χ2n) is 7.45. The summed E-state index contributed by atoms with van der Waals surface area (Å²) in [7, 11) is 0. The van der Waals surface area contributed by atoms with Gasteiger partial charge in [-0.05, 0) is 18.4 Å². The fraction of sp³-hybridized carbons (Fsp3) is 0.409. The highest BCUT2D eigenvalue weighted by Gasteiger charge is 2.20. The van der Waals surface area contributed by atoms with Gasteiger partial charge < -0.3 is 14.4 Å². The average Bonchev–Trinajstić information content (AvgIpc) is 3.12. The molecule has 28 heavy (non-hydrogen) atoms. The number of benzene rings is 2. The first-order chi connectivity index (χ1) is 13.7. The fourth-order valence-corrected chi connectivity index (χ4v) is 3.70. The normalized spacial score (nSPS) is 17.1. The SMILES string of the molecule is Cc1cc(CN2CCN(CC(O)COc3cccc4ccccc34)CC2)on1. The summed E-state index contributed by atoms with van der Waals surface area (Å²) in [4.78, 5) is 4.65. The number of rotatable bonds is 7. The number of aliphatic hydroxyl groups is 1. The zero-order valence-corrected chi connectivity index (χ0v) is 16.3. The van der Waals surface area contributed by atoms with Gasteiger partial charge in [-0.25, -0.2) is 0 Å². The Bertz CT molecular complexity index is 897. The van der Waals surface area contributed by atoms with E-state index in [0.29, 0.717) is 13.2 Å². The van der Waals surface area contributed by atoms with Crippen LogP contribution in [0.3, 0.4) is 0 Å². The smallest absolute Gasteiger partial charge is 0.150 e. The molecule has 2 aromatic carbocycles. The molecule has 6 heteroatoms. The van der Waals surface area contributed by atoms with Gasteiger partial charge in [0.05, 0.1) is 12.2 Å². The highest BCUT2D eigenvalue weighted by molar-refractivity contribution is 5.88. The van der Waals surface area contributed by atoms with Gasteiger partial charge >= 0.3 is 0 Å². The number of aryl methyl sites for hydroxylation is 1. The lowest BCUT2D eigenvalue weighted by molar-refractivity contribution is 0.0433. The molecule has 148 valence electrons. The van der Waals surface area contributed by atoms with Gasteiger partial charge in [-0.1, -0.05) is 41.6 Å². The van der Waals surface area contributed by atoms with Crippen LogP contribution in [0.1, 0.15) is 11.5 Å². The summed E-state index contributed by atoms with van der Waals surface area (Å²) < 4.78 is 11.2. The summed E-state index contributed by atoms with van der Waals surface area (Å²) in [6.45, 7) is 7.42. The molecule has 1 aliphatic heterocycles. The Morgan fingerprint density at radius 1 is 1.07 bits per heavy atom. The van der Waals surface area contributed by atoms with E-state index in [2.05, 4.69) is 27.1 Å². The molecule has 0 saturated carbocycles. The Morgan fingerprint density at radius 3 is 2.61 bits per heavy atom. The predicted molar refractivity (Wildman–Crippen MR) is 108 cm³/mol. The summed E-state index contributed by atoms with van der Waals surface area (Å²) in [6.07, 6.45) is -0.512. The molecule has 1 fully saturated rings. The van der Waals surface area contributed by atoms with Gasteiger partial charge in [0.25, 0.3) is 0 Å². The van der Waals surface area contributed by atoms with Crippen LogP contribution in [0.4, 0.5) is 0 Å². The molecule has 0 aliphatic carbocycles. The molecule has 0 radical (unpaired) electrons. The highest BCUT2D eigenvalue weighted by atomic mass is 16.5. The summed E-state index contributed by atoms with van der Waals surface area (Å²) in [5, 5.41) is 16.6. The number of β-amino-alcohol motifs (C(OH)–C–C–N with tert-alkyl or cyclic N) is 1. The maximum Gasteiger partial charge on any atom is 0.150 e. The van der Waals surface area contributed by atoms with Gasteiger partial charge in [0.1, 0.15) is 18.5 Å². The molecule has 1 atom stereocenters. The third-order valence-corrected chi connectivity index (χ3v) is 5.17. The van der Waals surface area contributed by atoms with E-state index >= 15 is 0 Å². The van der Waals surface area contributed by atoms with Crippen molar-refractivity contribution in [2.45, 2.75) is 19.6 Å². The Balaban J connectivity index is 1.23. The van der Waals surface area contributed by atoms with Crippen molar-refractivity contribution in [2.75, 3.05) is 39.3 Å². The van der Waals surface area contributed by atoms with Gasteiger partial charge in [-0.2, -0.15) is 0 Å². The first kappa shape index (κ1) is 18.9. The Morgan fingerprint density at radius 2 is 1.82 bits per heavy atom. The topological polar surface area (TPSA) is 62.0 Å². The van der Waals surface area contributed by atoms with Crippen LogP contribution in [0.15, 0.2) is 53.1 Å². The summed E-state index contributed by atoms with van der Waals surface area (Å²) in [5.41, 5.74) is 0.919. The Kier molecular flexibility index (Phi) is 5.90. The van der Waals surface area contributed by atoms with E-state index in [4.69, 9.17) is 9.26 Å². The fourth-order valence-electron chi connectivity index (χ4n) is 3.70. The quantitative estimate of drug-likeness (QED) is 0.679. The molecule has 0 amide bonds. The summed E-state index contributed by atoms with van der Waals surface area (Å²) in [5.74, 6) is 1.73. The summed E-state index contributed by atoms with van der Waals surface area (Å²) in [6, 6.07) is 16.1. The maximum atomic E-state index is 10.4. The van der Waals surface area contributed by atoms with Gasteiger partial charge in [0.15, 0.2) is 5.76 Å². The molecule has 6 nitrogen and oxygen atoms in total. The van der Waals surface area contributed by atoms with E-state index in [0.717, 1.165) is 60.7 Å². The van der Waals surface area contributed by atoms with E-state index < -0.39 is 6.10 Å². The Hall–Kier alpha value is -2.41. The standard InChI is InChI=1S/C22H27N3O3/c1-17-13-20(28-23-17)15-25-11-9-24(10-12-25)14-19(26)16-27-22-8-4-6-18-5-2-3-7-21(18)22/h2-8,13,19,26H,9-12,14-16H2,1H3. The van der Waals surface area contributed by atoms with Crippen molar-refractivity contribution in [1.29, 1.82) is 0 Å². The Labute approximate surface area is 165 Å². The molecule has 4 rings (SSSR count). The van der Waals surface area contributed by atoms with Crippen LogP contribution in [0.25, 0.3) is 10.8 Å². The molecule has 3 aromatic rings. The minimum atomic E-state index is -0.512. The molecule has 1 aliphatic rings. The second-order valence-corrected chi connectivity index (χ2v) is 7.45. The second kappa shape index (κ2) is 8.73. The van der Waals surface area contributed by atoms with Crippen LogP contribution >= 0.6 is 0 Å². The van der Waals surface area contributed by atoms with Gasteiger partial charge in [-0.15, -0.1) is 0 Å². The van der Waals surface area contributed by atoms with Crippen molar-refractivity contribution in [2.24, 2.45) is 0 Å². The van der Waals surface area contributed by atoms with Crippen LogP contribution in [0.2, 0.25) is 0 Å².